The van der Waals surface area contributed by atoms with Crippen LogP contribution in [0.4, 0.5) is 0 Å². The summed E-state index contributed by atoms with van der Waals surface area (Å²) in [5, 5.41) is 16.2. The average molecular weight is 402 g/mol. The predicted octanol–water partition coefficient (Wildman–Crippen LogP) is 5.63. The van der Waals surface area contributed by atoms with Crippen molar-refractivity contribution in [1.82, 2.24) is 10.6 Å². The number of hydrogen-bond acceptors (Lipinski definition) is 3. The first kappa shape index (κ1) is 22.3. The van der Waals surface area contributed by atoms with Crippen LogP contribution in [0, 0.1) is 11.3 Å². The number of rotatable bonds is 5. The Morgan fingerprint density at radius 1 is 1.00 bits per heavy atom. The number of amides is 1. The number of nitrogens with zero attached hydrogens (tertiary/aromatic N) is 1. The van der Waals surface area contributed by atoms with E-state index >= 15 is 0 Å². The molecule has 1 aromatic carbocycles. The van der Waals surface area contributed by atoms with Crippen molar-refractivity contribution in [3.63, 3.8) is 0 Å². The minimum absolute atomic E-state index is 0.125. The highest BCUT2D eigenvalue weighted by atomic mass is 35.5. The van der Waals surface area contributed by atoms with Gasteiger partial charge in [-0.05, 0) is 30.5 Å². The molecule has 152 valence electrons. The molecular weight excluding hydrogens is 370 g/mol. The number of carbonyl (C=O) groups excluding carboxylic acids is 1. The largest absolute Gasteiger partial charge is 0.386 e. The van der Waals surface area contributed by atoms with Gasteiger partial charge in [0.1, 0.15) is 11.6 Å². The second kappa shape index (κ2) is 13.2. The number of nitriles is 1. The van der Waals surface area contributed by atoms with Crippen molar-refractivity contribution in [2.45, 2.75) is 83.2 Å². The maximum absolute atomic E-state index is 12.5. The summed E-state index contributed by atoms with van der Waals surface area (Å²) in [5.74, 6) is -0.275. The molecule has 1 saturated carbocycles. The third-order valence-corrected chi connectivity index (χ3v) is 5.52. The normalized spacial score (nSPS) is 17.6. The van der Waals surface area contributed by atoms with E-state index in [1.807, 2.05) is 30.3 Å². The summed E-state index contributed by atoms with van der Waals surface area (Å²) in [4.78, 5) is 12.5. The molecule has 2 N–H and O–H groups in total. The van der Waals surface area contributed by atoms with Gasteiger partial charge in [-0.3, -0.25) is 4.79 Å². The molecule has 0 bridgehead atoms. The fourth-order valence-corrected chi connectivity index (χ4v) is 3.72. The van der Waals surface area contributed by atoms with Gasteiger partial charge in [0.05, 0.1) is 0 Å². The average Bonchev–Trinajstić information content (AvgIpc) is 2.68. The SMILES string of the molecule is N#C/C(=C/NCc1ccc(Cl)cc1)C(=O)NC1CCCCCCCCCCC1. The third kappa shape index (κ3) is 8.80. The number of nitrogens with one attached hydrogen (secondary N) is 2. The number of carbonyl (C=O) groups is 1. The van der Waals surface area contributed by atoms with E-state index in [4.69, 9.17) is 11.6 Å². The summed E-state index contributed by atoms with van der Waals surface area (Å²) in [7, 11) is 0. The first-order valence-corrected chi connectivity index (χ1v) is 11.0. The minimum atomic E-state index is -0.275. The lowest BCUT2D eigenvalue weighted by atomic mass is 9.98. The first-order valence-electron chi connectivity index (χ1n) is 10.6. The molecule has 4 nitrogen and oxygen atoms in total. The zero-order chi connectivity index (χ0) is 20.0. The molecule has 1 aromatic rings. The number of hydrogen-bond donors (Lipinski definition) is 2. The van der Waals surface area contributed by atoms with Crippen LogP contribution in [0.25, 0.3) is 0 Å². The summed E-state index contributed by atoms with van der Waals surface area (Å²) >= 11 is 5.88. The molecule has 5 heteroatoms. The van der Waals surface area contributed by atoms with E-state index in [9.17, 15) is 10.1 Å². The molecule has 0 aromatic heterocycles. The smallest absolute Gasteiger partial charge is 0.263 e. The molecule has 0 unspecified atom stereocenters. The molecule has 0 atom stereocenters. The van der Waals surface area contributed by atoms with Crippen LogP contribution in [-0.2, 0) is 11.3 Å². The Morgan fingerprint density at radius 3 is 2.07 bits per heavy atom. The molecule has 1 aliphatic rings. The minimum Gasteiger partial charge on any atom is -0.386 e. The Balaban J connectivity index is 1.85. The second-order valence-electron chi connectivity index (χ2n) is 7.61. The Morgan fingerprint density at radius 2 is 1.54 bits per heavy atom. The van der Waals surface area contributed by atoms with Crippen molar-refractivity contribution < 1.29 is 4.79 Å². The number of halogens is 1. The lowest BCUT2D eigenvalue weighted by Crippen LogP contribution is -2.36. The maximum atomic E-state index is 12.5. The van der Waals surface area contributed by atoms with Crippen LogP contribution in [0.1, 0.15) is 76.2 Å². The summed E-state index contributed by atoms with van der Waals surface area (Å²) in [6.45, 7) is 0.541. The molecule has 0 spiro atoms. The molecule has 28 heavy (non-hydrogen) atoms. The molecule has 2 rings (SSSR count). The highest BCUT2D eigenvalue weighted by molar-refractivity contribution is 6.30. The quantitative estimate of drug-likeness (QED) is 0.496. The fourth-order valence-electron chi connectivity index (χ4n) is 3.59. The monoisotopic (exact) mass is 401 g/mol. The van der Waals surface area contributed by atoms with Crippen LogP contribution in [0.5, 0.6) is 0 Å². The van der Waals surface area contributed by atoms with Crippen molar-refractivity contribution in [3.05, 3.63) is 46.6 Å². The van der Waals surface area contributed by atoms with Crippen molar-refractivity contribution in [1.29, 1.82) is 5.26 Å². The van der Waals surface area contributed by atoms with Crippen LogP contribution >= 0.6 is 11.6 Å². The predicted molar refractivity (Wildman–Crippen MR) is 115 cm³/mol. The summed E-state index contributed by atoms with van der Waals surface area (Å²) in [6, 6.07) is 9.67. The van der Waals surface area contributed by atoms with Crippen LogP contribution in [0.15, 0.2) is 36.0 Å². The van der Waals surface area contributed by atoms with Gasteiger partial charge in [-0.1, -0.05) is 81.5 Å². The van der Waals surface area contributed by atoms with E-state index in [-0.39, 0.29) is 17.5 Å². The molecule has 0 heterocycles. The molecule has 0 saturated heterocycles. The van der Waals surface area contributed by atoms with E-state index < -0.39 is 0 Å². The molecule has 1 aliphatic carbocycles. The molecule has 1 amide bonds. The van der Waals surface area contributed by atoms with Gasteiger partial charge in [0.2, 0.25) is 0 Å². The Labute approximate surface area is 174 Å². The molecular formula is C23H32ClN3O. The van der Waals surface area contributed by atoms with Crippen molar-refractivity contribution >= 4 is 17.5 Å². The Hall–Kier alpha value is -1.99. The number of benzene rings is 1. The highest BCUT2D eigenvalue weighted by Gasteiger charge is 2.15. The molecule has 0 radical (unpaired) electrons. The zero-order valence-electron chi connectivity index (χ0n) is 16.7. The van der Waals surface area contributed by atoms with Crippen LogP contribution in [0.2, 0.25) is 5.02 Å². The van der Waals surface area contributed by atoms with Gasteiger partial charge >= 0.3 is 0 Å². The maximum Gasteiger partial charge on any atom is 0.263 e. The zero-order valence-corrected chi connectivity index (χ0v) is 17.4. The van der Waals surface area contributed by atoms with E-state index in [2.05, 4.69) is 10.6 Å². The van der Waals surface area contributed by atoms with Gasteiger partial charge in [0.25, 0.3) is 5.91 Å². The van der Waals surface area contributed by atoms with Gasteiger partial charge in [0.15, 0.2) is 0 Å². The fraction of sp³-hybridized carbons (Fsp3) is 0.565. The van der Waals surface area contributed by atoms with Crippen molar-refractivity contribution in [2.75, 3.05) is 0 Å². The molecule has 0 aliphatic heterocycles. The summed E-state index contributed by atoms with van der Waals surface area (Å²) in [5.41, 5.74) is 1.16. The third-order valence-electron chi connectivity index (χ3n) is 5.27. The Bertz CT molecular complexity index is 651. The van der Waals surface area contributed by atoms with Gasteiger partial charge in [-0.2, -0.15) is 5.26 Å². The van der Waals surface area contributed by atoms with Crippen LogP contribution < -0.4 is 10.6 Å². The molecule has 1 fully saturated rings. The standard InChI is InChI=1S/C23H32ClN3O/c24-21-14-12-19(13-15-21)17-26-18-20(16-25)23(28)27-22-10-8-6-4-2-1-3-5-7-9-11-22/h12-15,18,22,26H,1-11,17H2,(H,27,28)/b20-18-. The van der Waals surface area contributed by atoms with Gasteiger partial charge < -0.3 is 10.6 Å². The lowest BCUT2D eigenvalue weighted by molar-refractivity contribution is -0.117. The summed E-state index contributed by atoms with van der Waals surface area (Å²) < 4.78 is 0. The first-order chi connectivity index (χ1) is 13.7. The van der Waals surface area contributed by atoms with Gasteiger partial charge in [-0.25, -0.2) is 0 Å². The van der Waals surface area contributed by atoms with Crippen LogP contribution in [0.3, 0.4) is 0 Å². The second-order valence-corrected chi connectivity index (χ2v) is 8.04. The van der Waals surface area contributed by atoms with Crippen molar-refractivity contribution in [3.8, 4) is 6.07 Å². The lowest BCUT2D eigenvalue weighted by Gasteiger charge is -2.19. The van der Waals surface area contributed by atoms with E-state index in [1.54, 1.807) is 0 Å². The Kier molecular flexibility index (Phi) is 10.5. The van der Waals surface area contributed by atoms with E-state index in [1.165, 1.54) is 51.1 Å². The van der Waals surface area contributed by atoms with E-state index in [0.29, 0.717) is 11.6 Å². The van der Waals surface area contributed by atoms with Gasteiger partial charge in [0, 0.05) is 23.8 Å². The van der Waals surface area contributed by atoms with Crippen LogP contribution in [-0.4, -0.2) is 11.9 Å². The highest BCUT2D eigenvalue weighted by Crippen LogP contribution is 2.17. The van der Waals surface area contributed by atoms with Gasteiger partial charge in [-0.15, -0.1) is 0 Å². The topological polar surface area (TPSA) is 64.9 Å². The van der Waals surface area contributed by atoms with Crippen molar-refractivity contribution in [2.24, 2.45) is 0 Å². The van der Waals surface area contributed by atoms with E-state index in [0.717, 1.165) is 31.2 Å². The summed E-state index contributed by atoms with van der Waals surface area (Å²) in [6.07, 6.45) is 14.9.